The first-order valence-electron chi connectivity index (χ1n) is 5.88. The van der Waals surface area contributed by atoms with Crippen LogP contribution in [0.5, 0.6) is 0 Å². The molecule has 0 bridgehead atoms. The van der Waals surface area contributed by atoms with E-state index in [0.717, 1.165) is 0 Å². The topological polar surface area (TPSA) is 110 Å². The average Bonchev–Trinajstić information content (AvgIpc) is 2.80. The fourth-order valence-electron chi connectivity index (χ4n) is 1.42. The fourth-order valence-corrected chi connectivity index (χ4v) is 1.42. The van der Waals surface area contributed by atoms with Gasteiger partial charge in [-0.1, -0.05) is 0 Å². The van der Waals surface area contributed by atoms with Crippen molar-refractivity contribution in [3.05, 3.63) is 18.2 Å². The number of aromatic nitrogens is 2. The molecule has 19 heavy (non-hydrogen) atoms. The molecule has 0 aromatic carbocycles. The molecule has 1 rings (SSSR count). The number of carboxylic acids is 1. The zero-order chi connectivity index (χ0) is 14.3. The molecule has 0 unspecified atom stereocenters. The summed E-state index contributed by atoms with van der Waals surface area (Å²) in [5, 5.41) is 14.1. The Morgan fingerprint density at radius 3 is 2.79 bits per heavy atom. The van der Waals surface area contributed by atoms with E-state index in [1.54, 1.807) is 0 Å². The number of hydrogen-bond acceptors (Lipinski definition) is 4. The average molecular weight is 269 g/mol. The van der Waals surface area contributed by atoms with Crippen molar-refractivity contribution in [1.82, 2.24) is 25.5 Å². The maximum Gasteiger partial charge on any atom is 0.326 e. The van der Waals surface area contributed by atoms with Crippen LogP contribution in [-0.2, 0) is 11.2 Å². The molecule has 2 amide bonds. The van der Waals surface area contributed by atoms with Crippen LogP contribution < -0.4 is 10.6 Å². The molecule has 0 spiro atoms. The summed E-state index contributed by atoms with van der Waals surface area (Å²) < 4.78 is 0. The van der Waals surface area contributed by atoms with Gasteiger partial charge in [0.2, 0.25) is 0 Å². The quantitative estimate of drug-likeness (QED) is 0.521. The van der Waals surface area contributed by atoms with Crippen LogP contribution in [0, 0.1) is 0 Å². The summed E-state index contributed by atoms with van der Waals surface area (Å²) in [6.07, 6.45) is 3.16. The molecule has 0 aliphatic carbocycles. The predicted molar refractivity (Wildman–Crippen MR) is 68.8 cm³/mol. The Hall–Kier alpha value is -2.09. The number of carboxylic acid groups (broad SMARTS) is 1. The van der Waals surface area contributed by atoms with Crippen LogP contribution in [-0.4, -0.2) is 65.2 Å². The van der Waals surface area contributed by atoms with E-state index in [9.17, 15) is 9.59 Å². The Morgan fingerprint density at radius 1 is 1.53 bits per heavy atom. The van der Waals surface area contributed by atoms with Crippen LogP contribution in [0.4, 0.5) is 4.79 Å². The van der Waals surface area contributed by atoms with Crippen molar-refractivity contribution in [2.75, 3.05) is 27.2 Å². The van der Waals surface area contributed by atoms with Gasteiger partial charge >= 0.3 is 12.0 Å². The second kappa shape index (κ2) is 7.37. The SMILES string of the molecule is CN(C)CCNC(=O)N[C@@H](Cc1cnc[nH]1)C(=O)O. The minimum atomic E-state index is -1.09. The van der Waals surface area contributed by atoms with E-state index in [2.05, 4.69) is 20.6 Å². The van der Waals surface area contributed by atoms with Gasteiger partial charge in [0.05, 0.1) is 6.33 Å². The summed E-state index contributed by atoms with van der Waals surface area (Å²) in [7, 11) is 3.77. The van der Waals surface area contributed by atoms with Crippen LogP contribution in [0.25, 0.3) is 0 Å². The van der Waals surface area contributed by atoms with Crippen molar-refractivity contribution in [1.29, 1.82) is 0 Å². The second-order valence-corrected chi connectivity index (χ2v) is 4.38. The number of rotatable bonds is 7. The molecule has 1 heterocycles. The Bertz CT molecular complexity index is 404. The smallest absolute Gasteiger partial charge is 0.326 e. The number of amides is 2. The number of aliphatic carboxylic acids is 1. The van der Waals surface area contributed by atoms with Gasteiger partial charge in [-0.2, -0.15) is 0 Å². The lowest BCUT2D eigenvalue weighted by Crippen LogP contribution is -2.48. The van der Waals surface area contributed by atoms with Crippen LogP contribution in [0.1, 0.15) is 5.69 Å². The first-order valence-corrected chi connectivity index (χ1v) is 5.88. The Kier molecular flexibility index (Phi) is 5.80. The lowest BCUT2D eigenvalue weighted by atomic mass is 10.2. The number of imidazole rings is 1. The molecule has 8 heteroatoms. The van der Waals surface area contributed by atoms with Crippen molar-refractivity contribution < 1.29 is 14.7 Å². The first-order chi connectivity index (χ1) is 8.99. The number of nitrogens with zero attached hydrogens (tertiary/aromatic N) is 2. The van der Waals surface area contributed by atoms with Gasteiger partial charge < -0.3 is 25.6 Å². The van der Waals surface area contributed by atoms with Crippen molar-refractivity contribution in [2.24, 2.45) is 0 Å². The fraction of sp³-hybridized carbons (Fsp3) is 0.545. The number of carbonyl (C=O) groups excluding carboxylic acids is 1. The zero-order valence-electron chi connectivity index (χ0n) is 11.0. The zero-order valence-corrected chi connectivity index (χ0v) is 11.0. The van der Waals surface area contributed by atoms with Crippen molar-refractivity contribution >= 4 is 12.0 Å². The third kappa shape index (κ3) is 5.87. The maximum absolute atomic E-state index is 11.5. The highest BCUT2D eigenvalue weighted by Crippen LogP contribution is 1.98. The number of carbonyl (C=O) groups is 2. The minimum Gasteiger partial charge on any atom is -0.480 e. The van der Waals surface area contributed by atoms with Crippen molar-refractivity contribution in [3.63, 3.8) is 0 Å². The van der Waals surface area contributed by atoms with E-state index in [4.69, 9.17) is 5.11 Å². The third-order valence-corrected chi connectivity index (χ3v) is 2.43. The molecule has 0 aliphatic heterocycles. The highest BCUT2D eigenvalue weighted by Gasteiger charge is 2.20. The van der Waals surface area contributed by atoms with Gasteiger partial charge in [0.15, 0.2) is 0 Å². The van der Waals surface area contributed by atoms with Gasteiger partial charge in [-0.15, -0.1) is 0 Å². The largest absolute Gasteiger partial charge is 0.480 e. The van der Waals surface area contributed by atoms with E-state index in [1.165, 1.54) is 12.5 Å². The first kappa shape index (κ1) is 15.0. The van der Waals surface area contributed by atoms with E-state index in [0.29, 0.717) is 18.8 Å². The summed E-state index contributed by atoms with van der Waals surface area (Å²) in [5.74, 6) is -1.09. The van der Waals surface area contributed by atoms with Gasteiger partial charge in [0.1, 0.15) is 6.04 Å². The summed E-state index contributed by atoms with van der Waals surface area (Å²) in [6.45, 7) is 1.14. The third-order valence-electron chi connectivity index (χ3n) is 2.43. The highest BCUT2D eigenvalue weighted by atomic mass is 16.4. The number of hydrogen-bond donors (Lipinski definition) is 4. The van der Waals surface area contributed by atoms with Crippen molar-refractivity contribution in [2.45, 2.75) is 12.5 Å². The molecule has 0 saturated heterocycles. The second-order valence-electron chi connectivity index (χ2n) is 4.38. The van der Waals surface area contributed by atoms with E-state index >= 15 is 0 Å². The molecule has 0 radical (unpaired) electrons. The summed E-state index contributed by atoms with van der Waals surface area (Å²) >= 11 is 0. The summed E-state index contributed by atoms with van der Waals surface area (Å²) in [6, 6.07) is -1.48. The van der Waals surface area contributed by atoms with Crippen LogP contribution in [0.3, 0.4) is 0 Å². The van der Waals surface area contributed by atoms with Gasteiger partial charge in [-0.25, -0.2) is 14.6 Å². The van der Waals surface area contributed by atoms with Crippen LogP contribution in [0.15, 0.2) is 12.5 Å². The monoisotopic (exact) mass is 269 g/mol. The number of likely N-dealkylation sites (N-methyl/N-ethyl adjacent to an activating group) is 1. The molecule has 8 nitrogen and oxygen atoms in total. The molecule has 1 aromatic rings. The maximum atomic E-state index is 11.5. The molecule has 4 N–H and O–H groups in total. The van der Waals surface area contributed by atoms with Gasteiger partial charge in [-0.3, -0.25) is 0 Å². The molecule has 1 aromatic heterocycles. The highest BCUT2D eigenvalue weighted by molar-refractivity contribution is 5.82. The Balaban J connectivity index is 2.40. The van der Waals surface area contributed by atoms with Gasteiger partial charge in [-0.05, 0) is 14.1 Å². The molecule has 106 valence electrons. The lowest BCUT2D eigenvalue weighted by molar-refractivity contribution is -0.139. The van der Waals surface area contributed by atoms with Crippen molar-refractivity contribution in [3.8, 4) is 0 Å². The Labute approximate surface area is 111 Å². The number of nitrogens with one attached hydrogen (secondary N) is 3. The molecule has 0 aliphatic rings. The molecular formula is C11H19N5O3. The number of H-pyrrole nitrogens is 1. The normalized spacial score (nSPS) is 12.2. The number of urea groups is 1. The van der Waals surface area contributed by atoms with E-state index < -0.39 is 18.0 Å². The standard InChI is InChI=1S/C11H19N5O3/c1-16(2)4-3-13-11(19)15-9(10(17)18)5-8-6-12-7-14-8/h6-7,9H,3-5H2,1-2H3,(H,12,14)(H,17,18)(H2,13,15,19)/t9-/m0/s1. The molecule has 1 atom stereocenters. The minimum absolute atomic E-state index is 0.163. The summed E-state index contributed by atoms with van der Waals surface area (Å²) in [4.78, 5) is 31.1. The predicted octanol–water partition coefficient (Wildman–Crippen LogP) is -0.734. The van der Waals surface area contributed by atoms with E-state index in [1.807, 2.05) is 19.0 Å². The van der Waals surface area contributed by atoms with Crippen LogP contribution >= 0.6 is 0 Å². The van der Waals surface area contributed by atoms with Gasteiger partial charge in [0, 0.05) is 31.4 Å². The molecular weight excluding hydrogens is 250 g/mol. The Morgan fingerprint density at radius 2 is 2.26 bits per heavy atom. The molecule has 0 fully saturated rings. The van der Waals surface area contributed by atoms with Crippen LogP contribution in [0.2, 0.25) is 0 Å². The lowest BCUT2D eigenvalue weighted by Gasteiger charge is -2.15. The van der Waals surface area contributed by atoms with E-state index in [-0.39, 0.29) is 6.42 Å². The van der Waals surface area contributed by atoms with Gasteiger partial charge in [0.25, 0.3) is 0 Å². The number of aromatic amines is 1. The summed E-state index contributed by atoms with van der Waals surface area (Å²) in [5.41, 5.74) is 0.654. The molecule has 0 saturated carbocycles.